The van der Waals surface area contributed by atoms with E-state index in [1.54, 1.807) is 6.92 Å². The minimum absolute atomic E-state index is 0.223. The predicted octanol–water partition coefficient (Wildman–Crippen LogP) is 1.05. The van der Waals surface area contributed by atoms with Crippen LogP contribution in [0.25, 0.3) is 0 Å². The van der Waals surface area contributed by atoms with E-state index in [4.69, 9.17) is 14.7 Å². The lowest BCUT2D eigenvalue weighted by Gasteiger charge is -2.08. The Bertz CT molecular complexity index is 428. The van der Waals surface area contributed by atoms with Crippen LogP contribution in [0.5, 0.6) is 5.88 Å². The van der Waals surface area contributed by atoms with Crippen LogP contribution in [0.2, 0.25) is 0 Å². The number of nitriles is 1. The molecule has 0 fully saturated rings. The van der Waals surface area contributed by atoms with Crippen molar-refractivity contribution in [2.75, 3.05) is 13.2 Å². The zero-order valence-corrected chi connectivity index (χ0v) is 9.71. The Morgan fingerprint density at radius 1 is 1.47 bits per heavy atom. The van der Waals surface area contributed by atoms with E-state index in [0.717, 1.165) is 0 Å². The van der Waals surface area contributed by atoms with Gasteiger partial charge in [0, 0.05) is 6.07 Å². The number of esters is 1. The summed E-state index contributed by atoms with van der Waals surface area (Å²) in [5, 5.41) is 8.95. The molecule has 1 aromatic rings. The first-order valence-electron chi connectivity index (χ1n) is 5.23. The largest absolute Gasteiger partial charge is 0.478 e. The standard InChI is InChI=1S/C11H13N3O3/c1-3-16-10-5-9(13-7-14-10)8(6-12)11(15)17-4-2/h5,7-8H,3-4H2,1-2H3. The van der Waals surface area contributed by atoms with Gasteiger partial charge in [0.15, 0.2) is 5.92 Å². The monoisotopic (exact) mass is 235 g/mol. The van der Waals surface area contributed by atoms with Crippen LogP contribution in [0, 0.1) is 11.3 Å². The lowest BCUT2D eigenvalue weighted by molar-refractivity contribution is -0.143. The quantitative estimate of drug-likeness (QED) is 0.709. The number of carbonyl (C=O) groups excluding carboxylic acids is 1. The fourth-order valence-corrected chi connectivity index (χ4v) is 1.20. The van der Waals surface area contributed by atoms with Crippen molar-refractivity contribution in [2.24, 2.45) is 0 Å². The maximum atomic E-state index is 11.5. The second-order valence-electron chi connectivity index (χ2n) is 3.03. The third-order valence-corrected chi connectivity index (χ3v) is 1.90. The summed E-state index contributed by atoms with van der Waals surface area (Å²) in [6, 6.07) is 3.32. The first kappa shape index (κ1) is 12.9. The van der Waals surface area contributed by atoms with Gasteiger partial charge in [0.2, 0.25) is 5.88 Å². The van der Waals surface area contributed by atoms with E-state index < -0.39 is 11.9 Å². The molecule has 0 saturated carbocycles. The first-order chi connectivity index (χ1) is 8.22. The van der Waals surface area contributed by atoms with E-state index >= 15 is 0 Å². The third kappa shape index (κ3) is 3.41. The number of rotatable bonds is 5. The fraction of sp³-hybridized carbons (Fsp3) is 0.455. The molecule has 90 valence electrons. The lowest BCUT2D eigenvalue weighted by Crippen LogP contribution is -2.16. The molecule has 0 spiro atoms. The van der Waals surface area contributed by atoms with E-state index in [-0.39, 0.29) is 12.3 Å². The maximum Gasteiger partial charge on any atom is 0.329 e. The van der Waals surface area contributed by atoms with Crippen LogP contribution in [0.3, 0.4) is 0 Å². The van der Waals surface area contributed by atoms with Gasteiger partial charge in [0.25, 0.3) is 0 Å². The number of aromatic nitrogens is 2. The molecule has 0 radical (unpaired) electrons. The first-order valence-corrected chi connectivity index (χ1v) is 5.23. The van der Waals surface area contributed by atoms with Crippen LogP contribution in [0.4, 0.5) is 0 Å². The molecule has 1 rings (SSSR count). The summed E-state index contributed by atoms with van der Waals surface area (Å²) in [4.78, 5) is 19.2. The second-order valence-corrected chi connectivity index (χ2v) is 3.03. The number of ether oxygens (including phenoxy) is 2. The normalized spacial score (nSPS) is 11.4. The molecule has 0 N–H and O–H groups in total. The van der Waals surface area contributed by atoms with E-state index in [2.05, 4.69) is 9.97 Å². The van der Waals surface area contributed by atoms with Gasteiger partial charge in [0.1, 0.15) is 6.33 Å². The molecule has 0 aromatic carbocycles. The molecule has 0 aliphatic carbocycles. The zero-order chi connectivity index (χ0) is 12.7. The third-order valence-electron chi connectivity index (χ3n) is 1.90. The Hall–Kier alpha value is -2.16. The molecule has 0 bridgehead atoms. The number of hydrogen-bond acceptors (Lipinski definition) is 6. The fourth-order valence-electron chi connectivity index (χ4n) is 1.20. The molecule has 1 atom stereocenters. The molecule has 0 aliphatic rings. The Kier molecular flexibility index (Phi) is 4.88. The van der Waals surface area contributed by atoms with Crippen LogP contribution in [0.1, 0.15) is 25.5 Å². The average Bonchev–Trinajstić information content (AvgIpc) is 2.31. The predicted molar refractivity (Wildman–Crippen MR) is 58.2 cm³/mol. The van der Waals surface area contributed by atoms with E-state index in [0.29, 0.717) is 12.5 Å². The minimum atomic E-state index is -1.04. The van der Waals surface area contributed by atoms with Gasteiger partial charge in [-0.3, -0.25) is 4.79 Å². The summed E-state index contributed by atoms with van der Waals surface area (Å²) >= 11 is 0. The minimum Gasteiger partial charge on any atom is -0.478 e. The van der Waals surface area contributed by atoms with Crippen molar-refractivity contribution in [2.45, 2.75) is 19.8 Å². The van der Waals surface area contributed by atoms with Gasteiger partial charge in [-0.25, -0.2) is 9.97 Å². The number of hydrogen-bond donors (Lipinski definition) is 0. The van der Waals surface area contributed by atoms with Gasteiger partial charge < -0.3 is 9.47 Å². The summed E-state index contributed by atoms with van der Waals surface area (Å²) in [5.74, 6) is -1.32. The van der Waals surface area contributed by atoms with Crippen molar-refractivity contribution >= 4 is 5.97 Å². The van der Waals surface area contributed by atoms with Gasteiger partial charge in [-0.15, -0.1) is 0 Å². The van der Waals surface area contributed by atoms with Crippen molar-refractivity contribution in [3.05, 3.63) is 18.1 Å². The van der Waals surface area contributed by atoms with E-state index in [1.807, 2.05) is 13.0 Å². The molecule has 0 amide bonds. The molecule has 1 unspecified atom stereocenters. The molecule has 17 heavy (non-hydrogen) atoms. The molecular formula is C11H13N3O3. The van der Waals surface area contributed by atoms with E-state index in [9.17, 15) is 4.79 Å². The molecule has 1 heterocycles. The zero-order valence-electron chi connectivity index (χ0n) is 9.71. The van der Waals surface area contributed by atoms with Crippen molar-refractivity contribution in [3.63, 3.8) is 0 Å². The summed E-state index contributed by atoms with van der Waals surface area (Å²) in [7, 11) is 0. The van der Waals surface area contributed by atoms with Crippen molar-refractivity contribution < 1.29 is 14.3 Å². The average molecular weight is 235 g/mol. The van der Waals surface area contributed by atoms with Gasteiger partial charge in [-0.1, -0.05) is 0 Å². The van der Waals surface area contributed by atoms with Crippen LogP contribution in [-0.2, 0) is 9.53 Å². The van der Waals surface area contributed by atoms with Gasteiger partial charge >= 0.3 is 5.97 Å². The Morgan fingerprint density at radius 2 is 2.24 bits per heavy atom. The number of nitrogens with zero attached hydrogens (tertiary/aromatic N) is 3. The summed E-state index contributed by atoms with van der Waals surface area (Å²) in [5.41, 5.74) is 0.282. The van der Waals surface area contributed by atoms with Crippen LogP contribution in [-0.4, -0.2) is 29.2 Å². The van der Waals surface area contributed by atoms with Crippen LogP contribution >= 0.6 is 0 Å². The highest BCUT2D eigenvalue weighted by Crippen LogP contribution is 2.17. The molecule has 6 heteroatoms. The SMILES string of the molecule is CCOC(=O)C(C#N)c1cc(OCC)ncn1. The van der Waals surface area contributed by atoms with Gasteiger partial charge in [-0.05, 0) is 13.8 Å². The molecular weight excluding hydrogens is 222 g/mol. The molecule has 0 saturated heterocycles. The second kappa shape index (κ2) is 6.43. The highest BCUT2D eigenvalue weighted by atomic mass is 16.5. The molecule has 0 aliphatic heterocycles. The Labute approximate surface area is 99.2 Å². The smallest absolute Gasteiger partial charge is 0.329 e. The van der Waals surface area contributed by atoms with Crippen molar-refractivity contribution in [1.82, 2.24) is 9.97 Å². The number of carbonyl (C=O) groups is 1. The van der Waals surface area contributed by atoms with E-state index in [1.165, 1.54) is 12.4 Å². The van der Waals surface area contributed by atoms with Gasteiger partial charge in [0.05, 0.1) is 25.0 Å². The summed E-state index contributed by atoms with van der Waals surface area (Å²) in [6.07, 6.45) is 1.25. The molecule has 6 nitrogen and oxygen atoms in total. The summed E-state index contributed by atoms with van der Waals surface area (Å²) < 4.78 is 9.95. The van der Waals surface area contributed by atoms with Gasteiger partial charge in [-0.2, -0.15) is 5.26 Å². The highest BCUT2D eigenvalue weighted by Gasteiger charge is 2.23. The lowest BCUT2D eigenvalue weighted by atomic mass is 10.1. The van der Waals surface area contributed by atoms with Crippen LogP contribution in [0.15, 0.2) is 12.4 Å². The maximum absolute atomic E-state index is 11.5. The van der Waals surface area contributed by atoms with Crippen molar-refractivity contribution in [3.8, 4) is 11.9 Å². The highest BCUT2D eigenvalue weighted by molar-refractivity contribution is 5.80. The Balaban J connectivity index is 2.92. The molecule has 1 aromatic heterocycles. The summed E-state index contributed by atoms with van der Waals surface area (Å²) in [6.45, 7) is 4.17. The topological polar surface area (TPSA) is 85.1 Å². The van der Waals surface area contributed by atoms with Crippen LogP contribution < -0.4 is 4.74 Å². The van der Waals surface area contributed by atoms with Crippen molar-refractivity contribution in [1.29, 1.82) is 5.26 Å². The Morgan fingerprint density at radius 3 is 2.82 bits per heavy atom.